The van der Waals surface area contributed by atoms with E-state index in [1.807, 2.05) is 50.2 Å². The van der Waals surface area contributed by atoms with Crippen molar-refractivity contribution in [3.8, 4) is 0 Å². The van der Waals surface area contributed by atoms with Crippen LogP contribution >= 0.6 is 0 Å². The maximum Gasteiger partial charge on any atom is 0.328 e. The highest BCUT2D eigenvalue weighted by Crippen LogP contribution is 2.17. The molecule has 0 aliphatic heterocycles. The Labute approximate surface area is 166 Å². The van der Waals surface area contributed by atoms with Gasteiger partial charge in [-0.05, 0) is 17.9 Å². The van der Waals surface area contributed by atoms with Gasteiger partial charge in [-0.1, -0.05) is 74.5 Å². The van der Waals surface area contributed by atoms with Crippen LogP contribution in [0.4, 0.5) is 0 Å². The Morgan fingerprint density at radius 3 is 2.04 bits per heavy atom. The topological polar surface area (TPSA) is 63.7 Å². The predicted molar refractivity (Wildman–Crippen MR) is 108 cm³/mol. The number of nitrogens with zero attached hydrogens (tertiary/aromatic N) is 1. The van der Waals surface area contributed by atoms with E-state index in [-0.39, 0.29) is 30.6 Å². The number of esters is 1. The molecule has 28 heavy (non-hydrogen) atoms. The number of Topliss-reactive ketones (excluding diaryl/α,β-unsaturated/α-hetero) is 1. The molecule has 1 amide bonds. The van der Waals surface area contributed by atoms with Crippen LogP contribution in [0.3, 0.4) is 0 Å². The zero-order valence-electron chi connectivity index (χ0n) is 16.6. The van der Waals surface area contributed by atoms with E-state index in [9.17, 15) is 14.4 Å². The Balaban J connectivity index is 2.22. The van der Waals surface area contributed by atoms with Gasteiger partial charge in [0.2, 0.25) is 5.91 Å². The summed E-state index contributed by atoms with van der Waals surface area (Å²) in [6, 6.07) is 17.6. The SMILES string of the molecule is COC(=O)C(C(C)C)N(CC(=O)c1ccccc1)C(=O)CCc1ccccc1. The lowest BCUT2D eigenvalue weighted by atomic mass is 10.00. The Morgan fingerprint density at radius 1 is 0.929 bits per heavy atom. The first-order chi connectivity index (χ1) is 13.4. The van der Waals surface area contributed by atoms with Crippen molar-refractivity contribution in [3.63, 3.8) is 0 Å². The smallest absolute Gasteiger partial charge is 0.328 e. The lowest BCUT2D eigenvalue weighted by Gasteiger charge is -2.32. The van der Waals surface area contributed by atoms with Gasteiger partial charge in [-0.25, -0.2) is 4.79 Å². The van der Waals surface area contributed by atoms with Crippen molar-refractivity contribution >= 4 is 17.7 Å². The Hall–Kier alpha value is -2.95. The maximum absolute atomic E-state index is 13.0. The summed E-state index contributed by atoms with van der Waals surface area (Å²) in [5.41, 5.74) is 1.54. The van der Waals surface area contributed by atoms with E-state index >= 15 is 0 Å². The summed E-state index contributed by atoms with van der Waals surface area (Å²) in [6.07, 6.45) is 0.758. The van der Waals surface area contributed by atoms with E-state index in [0.717, 1.165) is 5.56 Å². The van der Waals surface area contributed by atoms with Gasteiger partial charge in [0.05, 0.1) is 13.7 Å². The van der Waals surface area contributed by atoms with Crippen LogP contribution in [0.5, 0.6) is 0 Å². The molecule has 0 aliphatic rings. The standard InChI is InChI=1S/C23H27NO4/c1-17(2)22(23(27)28-3)24(16-20(25)19-12-8-5-9-13-19)21(26)15-14-18-10-6-4-7-11-18/h4-13,17,22H,14-16H2,1-3H3. The molecule has 0 N–H and O–H groups in total. The van der Waals surface area contributed by atoms with Crippen molar-refractivity contribution in [3.05, 3.63) is 71.8 Å². The first kappa shape index (κ1) is 21.4. The molecule has 0 heterocycles. The van der Waals surface area contributed by atoms with Crippen LogP contribution < -0.4 is 0 Å². The number of hydrogen-bond acceptors (Lipinski definition) is 4. The van der Waals surface area contributed by atoms with Crippen LogP contribution in [0.15, 0.2) is 60.7 Å². The van der Waals surface area contributed by atoms with E-state index in [1.54, 1.807) is 24.3 Å². The average molecular weight is 381 g/mol. The second-order valence-corrected chi connectivity index (χ2v) is 7.01. The van der Waals surface area contributed by atoms with Gasteiger partial charge < -0.3 is 9.64 Å². The Bertz CT molecular complexity index is 787. The number of ether oxygens (including phenoxy) is 1. The second-order valence-electron chi connectivity index (χ2n) is 7.01. The van der Waals surface area contributed by atoms with Crippen molar-refractivity contribution in [1.82, 2.24) is 4.90 Å². The predicted octanol–water partition coefficient (Wildman–Crippen LogP) is 3.53. The molecule has 2 rings (SSSR count). The van der Waals surface area contributed by atoms with Crippen molar-refractivity contribution in [2.45, 2.75) is 32.7 Å². The summed E-state index contributed by atoms with van der Waals surface area (Å²) < 4.78 is 4.91. The molecular formula is C23H27NO4. The third-order valence-electron chi connectivity index (χ3n) is 4.61. The minimum absolute atomic E-state index is 0.157. The van der Waals surface area contributed by atoms with Crippen molar-refractivity contribution in [2.75, 3.05) is 13.7 Å². The number of methoxy groups -OCH3 is 1. The van der Waals surface area contributed by atoms with Gasteiger partial charge in [0.1, 0.15) is 6.04 Å². The Morgan fingerprint density at radius 2 is 1.50 bits per heavy atom. The summed E-state index contributed by atoms with van der Waals surface area (Å²) in [6.45, 7) is 3.52. The molecule has 5 nitrogen and oxygen atoms in total. The number of ketones is 1. The first-order valence-electron chi connectivity index (χ1n) is 9.43. The van der Waals surface area contributed by atoms with Crippen LogP contribution in [-0.2, 0) is 20.7 Å². The molecule has 5 heteroatoms. The lowest BCUT2D eigenvalue weighted by molar-refractivity contribution is -0.154. The largest absolute Gasteiger partial charge is 0.467 e. The highest BCUT2D eigenvalue weighted by molar-refractivity contribution is 6.00. The molecule has 0 saturated carbocycles. The molecule has 148 valence electrons. The number of hydrogen-bond donors (Lipinski definition) is 0. The van der Waals surface area contributed by atoms with E-state index in [2.05, 4.69) is 0 Å². The van der Waals surface area contributed by atoms with Gasteiger partial charge in [0.25, 0.3) is 0 Å². The van der Waals surface area contributed by atoms with E-state index in [1.165, 1.54) is 12.0 Å². The van der Waals surface area contributed by atoms with Gasteiger partial charge >= 0.3 is 5.97 Å². The number of carbonyl (C=O) groups is 3. The van der Waals surface area contributed by atoms with Gasteiger partial charge in [0, 0.05) is 12.0 Å². The molecule has 0 aliphatic carbocycles. The molecule has 1 unspecified atom stereocenters. The number of amides is 1. The third-order valence-corrected chi connectivity index (χ3v) is 4.61. The molecule has 2 aromatic rings. The molecule has 2 aromatic carbocycles. The number of carbonyl (C=O) groups excluding carboxylic acids is 3. The number of rotatable bonds is 9. The summed E-state index contributed by atoms with van der Waals surface area (Å²) in [5, 5.41) is 0. The number of aryl methyl sites for hydroxylation is 1. The van der Waals surface area contributed by atoms with Crippen LogP contribution in [0.1, 0.15) is 36.2 Å². The van der Waals surface area contributed by atoms with E-state index in [4.69, 9.17) is 4.74 Å². The highest BCUT2D eigenvalue weighted by atomic mass is 16.5. The molecule has 0 bridgehead atoms. The summed E-state index contributed by atoms with van der Waals surface area (Å²) >= 11 is 0. The van der Waals surface area contributed by atoms with Gasteiger partial charge in [-0.2, -0.15) is 0 Å². The molecule has 0 radical (unpaired) electrons. The summed E-state index contributed by atoms with van der Waals surface area (Å²) in [4.78, 5) is 39.5. The van der Waals surface area contributed by atoms with Crippen LogP contribution in [0.2, 0.25) is 0 Å². The van der Waals surface area contributed by atoms with Crippen LogP contribution in [0.25, 0.3) is 0 Å². The minimum Gasteiger partial charge on any atom is -0.467 e. The fourth-order valence-electron chi connectivity index (χ4n) is 3.13. The first-order valence-corrected chi connectivity index (χ1v) is 9.43. The van der Waals surface area contributed by atoms with Crippen LogP contribution in [0, 0.1) is 5.92 Å². The molecule has 0 fully saturated rings. The van der Waals surface area contributed by atoms with Crippen molar-refractivity contribution < 1.29 is 19.1 Å². The molecule has 0 spiro atoms. The fraction of sp³-hybridized carbons (Fsp3) is 0.348. The zero-order valence-corrected chi connectivity index (χ0v) is 16.6. The van der Waals surface area contributed by atoms with E-state index < -0.39 is 12.0 Å². The van der Waals surface area contributed by atoms with E-state index in [0.29, 0.717) is 12.0 Å². The normalized spacial score (nSPS) is 11.7. The second kappa shape index (κ2) is 10.4. The molecular weight excluding hydrogens is 354 g/mol. The number of benzene rings is 2. The van der Waals surface area contributed by atoms with Crippen molar-refractivity contribution in [1.29, 1.82) is 0 Å². The van der Waals surface area contributed by atoms with Crippen LogP contribution in [-0.4, -0.2) is 42.3 Å². The summed E-state index contributed by atoms with van der Waals surface area (Å²) in [5.74, 6) is -1.14. The Kier molecular flexibility index (Phi) is 7.93. The highest BCUT2D eigenvalue weighted by Gasteiger charge is 2.34. The summed E-state index contributed by atoms with van der Waals surface area (Å²) in [7, 11) is 1.29. The van der Waals surface area contributed by atoms with Gasteiger partial charge in [-0.3, -0.25) is 9.59 Å². The fourth-order valence-corrected chi connectivity index (χ4v) is 3.13. The van der Waals surface area contributed by atoms with Crippen molar-refractivity contribution in [2.24, 2.45) is 5.92 Å². The maximum atomic E-state index is 13.0. The molecule has 0 aromatic heterocycles. The average Bonchev–Trinajstić information content (AvgIpc) is 2.72. The zero-order chi connectivity index (χ0) is 20.5. The van der Waals surface area contributed by atoms with Gasteiger partial charge in [0.15, 0.2) is 5.78 Å². The minimum atomic E-state index is -0.805. The van der Waals surface area contributed by atoms with Gasteiger partial charge in [-0.15, -0.1) is 0 Å². The third kappa shape index (κ3) is 5.78. The lowest BCUT2D eigenvalue weighted by Crippen LogP contribution is -2.50. The molecule has 1 atom stereocenters. The monoisotopic (exact) mass is 381 g/mol. The molecule has 0 saturated heterocycles. The quantitative estimate of drug-likeness (QED) is 0.492.